The molecular formula is C31H30N2O6S. The standard InChI is InChI=1S/C31H30N2O6S/c1-6-38-28-21(13-10-14-24(28)37-5)27-26(30(35)39-7-2)18(3)32-31-33(27)29(34)25(40-31)17-22-20-12-9-8-11-19(20)15-16-23(22)36-4/h8-17,27H,6-7H2,1-5H3/b25-17+/t27-/m0/s1. The number of fused-ring (bicyclic) bond motifs is 2. The summed E-state index contributed by atoms with van der Waals surface area (Å²) in [5, 5.41) is 1.98. The summed E-state index contributed by atoms with van der Waals surface area (Å²) in [6, 6.07) is 16.4. The largest absolute Gasteiger partial charge is 0.496 e. The maximum absolute atomic E-state index is 14.2. The number of thiazole rings is 1. The lowest BCUT2D eigenvalue weighted by Crippen LogP contribution is -2.40. The van der Waals surface area contributed by atoms with Crippen LogP contribution in [0.5, 0.6) is 17.2 Å². The number of aromatic nitrogens is 1. The third-order valence-corrected chi connectivity index (χ3v) is 7.74. The van der Waals surface area contributed by atoms with E-state index in [0.29, 0.717) is 44.4 Å². The van der Waals surface area contributed by atoms with Crippen molar-refractivity contribution in [2.24, 2.45) is 4.99 Å². The Morgan fingerprint density at radius 2 is 1.77 bits per heavy atom. The first-order valence-electron chi connectivity index (χ1n) is 13.0. The number of carbonyl (C=O) groups excluding carboxylic acids is 1. The summed E-state index contributed by atoms with van der Waals surface area (Å²) in [4.78, 5) is 32.7. The third-order valence-electron chi connectivity index (χ3n) is 6.76. The number of benzene rings is 3. The second-order valence-corrected chi connectivity index (χ2v) is 10.0. The van der Waals surface area contributed by atoms with Gasteiger partial charge in [-0.2, -0.15) is 0 Å². The molecule has 1 aliphatic heterocycles. The van der Waals surface area contributed by atoms with Gasteiger partial charge in [-0.3, -0.25) is 9.36 Å². The van der Waals surface area contributed by atoms with E-state index in [1.54, 1.807) is 38.7 Å². The monoisotopic (exact) mass is 558 g/mol. The van der Waals surface area contributed by atoms with E-state index in [1.807, 2.05) is 61.5 Å². The molecule has 0 amide bonds. The fourth-order valence-electron chi connectivity index (χ4n) is 5.03. The van der Waals surface area contributed by atoms with E-state index in [-0.39, 0.29) is 17.7 Å². The molecule has 1 aliphatic rings. The van der Waals surface area contributed by atoms with Crippen molar-refractivity contribution < 1.29 is 23.7 Å². The van der Waals surface area contributed by atoms with E-state index in [9.17, 15) is 9.59 Å². The van der Waals surface area contributed by atoms with Gasteiger partial charge in [0.05, 0.1) is 43.2 Å². The van der Waals surface area contributed by atoms with Crippen LogP contribution in [0.3, 0.4) is 0 Å². The number of hydrogen-bond acceptors (Lipinski definition) is 8. The predicted molar refractivity (Wildman–Crippen MR) is 155 cm³/mol. The molecule has 5 rings (SSSR count). The Hall–Kier alpha value is -4.37. The van der Waals surface area contributed by atoms with Gasteiger partial charge < -0.3 is 18.9 Å². The van der Waals surface area contributed by atoms with E-state index < -0.39 is 12.0 Å². The van der Waals surface area contributed by atoms with E-state index in [2.05, 4.69) is 4.99 Å². The number of para-hydroxylation sites is 1. The van der Waals surface area contributed by atoms with Crippen molar-refractivity contribution in [2.45, 2.75) is 26.8 Å². The minimum absolute atomic E-state index is 0.185. The quantitative estimate of drug-likeness (QED) is 0.299. The molecule has 0 saturated heterocycles. The zero-order valence-corrected chi connectivity index (χ0v) is 23.8. The van der Waals surface area contributed by atoms with Crippen molar-refractivity contribution in [1.29, 1.82) is 0 Å². The molecule has 0 spiro atoms. The molecule has 1 atom stereocenters. The average Bonchev–Trinajstić information content (AvgIpc) is 3.26. The number of methoxy groups -OCH3 is 2. The molecule has 0 bridgehead atoms. The van der Waals surface area contributed by atoms with Crippen LogP contribution >= 0.6 is 11.3 Å². The van der Waals surface area contributed by atoms with Crippen molar-refractivity contribution in [3.63, 3.8) is 0 Å². The third kappa shape index (κ3) is 4.66. The highest BCUT2D eigenvalue weighted by Crippen LogP contribution is 2.40. The van der Waals surface area contributed by atoms with E-state index >= 15 is 0 Å². The summed E-state index contributed by atoms with van der Waals surface area (Å²) >= 11 is 1.26. The Morgan fingerprint density at radius 1 is 1.00 bits per heavy atom. The molecule has 3 aromatic carbocycles. The number of ether oxygens (including phenoxy) is 4. The van der Waals surface area contributed by atoms with Gasteiger partial charge in [-0.05, 0) is 49.8 Å². The fourth-order valence-corrected chi connectivity index (χ4v) is 6.06. The number of esters is 1. The van der Waals surface area contributed by atoms with Gasteiger partial charge in [0.15, 0.2) is 16.3 Å². The Bertz CT molecular complexity index is 1820. The fraction of sp³-hybridized carbons (Fsp3) is 0.258. The first-order chi connectivity index (χ1) is 19.4. The highest BCUT2D eigenvalue weighted by atomic mass is 32.1. The first-order valence-corrected chi connectivity index (χ1v) is 13.8. The summed E-state index contributed by atoms with van der Waals surface area (Å²) in [6.07, 6.45) is 1.83. The van der Waals surface area contributed by atoms with Crippen LogP contribution < -0.4 is 29.1 Å². The Labute approximate surface area is 235 Å². The van der Waals surface area contributed by atoms with Crippen LogP contribution in [0.25, 0.3) is 16.8 Å². The molecule has 40 heavy (non-hydrogen) atoms. The van der Waals surface area contributed by atoms with Gasteiger partial charge >= 0.3 is 5.97 Å². The zero-order valence-electron chi connectivity index (χ0n) is 23.0. The number of allylic oxidation sites excluding steroid dienone is 1. The normalized spacial score (nSPS) is 15.0. The lowest BCUT2D eigenvalue weighted by atomic mass is 9.94. The lowest BCUT2D eigenvalue weighted by molar-refractivity contribution is -0.139. The van der Waals surface area contributed by atoms with E-state index in [0.717, 1.165) is 16.3 Å². The molecule has 206 valence electrons. The number of carbonyl (C=O) groups is 1. The summed E-state index contributed by atoms with van der Waals surface area (Å²) in [5.41, 5.74) is 1.86. The molecule has 4 aromatic rings. The molecule has 0 saturated carbocycles. The van der Waals surface area contributed by atoms with Crippen molar-refractivity contribution >= 4 is 34.2 Å². The highest BCUT2D eigenvalue weighted by Gasteiger charge is 2.36. The van der Waals surface area contributed by atoms with Gasteiger partial charge in [-0.1, -0.05) is 53.8 Å². The maximum Gasteiger partial charge on any atom is 0.338 e. The first kappa shape index (κ1) is 27.2. The van der Waals surface area contributed by atoms with Gasteiger partial charge in [-0.15, -0.1) is 0 Å². The van der Waals surface area contributed by atoms with Crippen LogP contribution in [0.15, 0.2) is 75.7 Å². The van der Waals surface area contributed by atoms with Crippen molar-refractivity contribution in [1.82, 2.24) is 4.57 Å². The number of rotatable bonds is 8. The van der Waals surface area contributed by atoms with Crippen molar-refractivity contribution in [2.75, 3.05) is 27.4 Å². The van der Waals surface area contributed by atoms with Crippen LogP contribution in [-0.4, -0.2) is 38.0 Å². The minimum Gasteiger partial charge on any atom is -0.496 e. The summed E-state index contributed by atoms with van der Waals surface area (Å²) in [7, 11) is 3.16. The van der Waals surface area contributed by atoms with Crippen LogP contribution in [0.1, 0.15) is 37.9 Å². The molecule has 0 fully saturated rings. The smallest absolute Gasteiger partial charge is 0.338 e. The molecule has 8 nitrogen and oxygen atoms in total. The average molecular weight is 559 g/mol. The topological polar surface area (TPSA) is 88.4 Å². The zero-order chi connectivity index (χ0) is 28.4. The molecular weight excluding hydrogens is 528 g/mol. The second kappa shape index (κ2) is 11.4. The van der Waals surface area contributed by atoms with Crippen LogP contribution in [-0.2, 0) is 9.53 Å². The van der Waals surface area contributed by atoms with Gasteiger partial charge in [0.2, 0.25) is 0 Å². The van der Waals surface area contributed by atoms with Gasteiger partial charge in [0.25, 0.3) is 5.56 Å². The van der Waals surface area contributed by atoms with Crippen LogP contribution in [0.2, 0.25) is 0 Å². The van der Waals surface area contributed by atoms with Crippen LogP contribution in [0.4, 0.5) is 0 Å². The number of nitrogens with zero attached hydrogens (tertiary/aromatic N) is 2. The maximum atomic E-state index is 14.2. The molecule has 0 radical (unpaired) electrons. The Morgan fingerprint density at radius 3 is 2.50 bits per heavy atom. The van der Waals surface area contributed by atoms with Gasteiger partial charge in [0, 0.05) is 11.1 Å². The van der Waals surface area contributed by atoms with Gasteiger partial charge in [0.1, 0.15) is 11.8 Å². The predicted octanol–water partition coefficient (Wildman–Crippen LogP) is 4.37. The molecule has 0 N–H and O–H groups in total. The van der Waals surface area contributed by atoms with Gasteiger partial charge in [-0.25, -0.2) is 9.79 Å². The summed E-state index contributed by atoms with van der Waals surface area (Å²) in [5.74, 6) is 1.07. The minimum atomic E-state index is -0.830. The highest BCUT2D eigenvalue weighted by molar-refractivity contribution is 7.07. The molecule has 9 heteroatoms. The lowest BCUT2D eigenvalue weighted by Gasteiger charge is -2.26. The summed E-state index contributed by atoms with van der Waals surface area (Å²) < 4.78 is 24.7. The van der Waals surface area contributed by atoms with E-state index in [4.69, 9.17) is 18.9 Å². The molecule has 0 aliphatic carbocycles. The van der Waals surface area contributed by atoms with Crippen LogP contribution in [0, 0.1) is 0 Å². The molecule has 0 unspecified atom stereocenters. The summed E-state index contributed by atoms with van der Waals surface area (Å²) in [6.45, 7) is 5.92. The van der Waals surface area contributed by atoms with Crippen molar-refractivity contribution in [3.05, 3.63) is 96.7 Å². The molecule has 2 heterocycles. The second-order valence-electron chi connectivity index (χ2n) is 9.02. The number of hydrogen-bond donors (Lipinski definition) is 0. The van der Waals surface area contributed by atoms with Crippen molar-refractivity contribution in [3.8, 4) is 17.2 Å². The molecule has 1 aromatic heterocycles. The van der Waals surface area contributed by atoms with E-state index in [1.165, 1.54) is 11.3 Å². The Kier molecular flexibility index (Phi) is 7.75. The SMILES string of the molecule is CCOC(=O)C1=C(C)N=c2s/c(=C/c3c(OC)ccc4ccccc34)c(=O)n2[C@H]1c1cccc(OC)c1OCC. The Balaban J connectivity index is 1.82.